The first kappa shape index (κ1) is 17.3. The summed E-state index contributed by atoms with van der Waals surface area (Å²) in [4.78, 5) is 27.8. The van der Waals surface area contributed by atoms with Crippen LogP contribution < -0.4 is 0 Å². The quantitative estimate of drug-likeness (QED) is 0.844. The Labute approximate surface area is 149 Å². The van der Waals surface area contributed by atoms with Crippen LogP contribution in [0.4, 0.5) is 0 Å². The van der Waals surface area contributed by atoms with Gasteiger partial charge in [0.25, 0.3) is 0 Å². The minimum Gasteiger partial charge on any atom is -0.508 e. The van der Waals surface area contributed by atoms with Crippen LogP contribution >= 0.6 is 23.2 Å². The fourth-order valence-corrected chi connectivity index (χ4v) is 4.04. The Bertz CT molecular complexity index is 682. The molecule has 130 valence electrons. The number of aromatic hydroxyl groups is 1. The number of phenols is 1. The number of fused-ring (bicyclic) bond motifs is 1. The molecule has 2 aliphatic rings. The molecular formula is C16H18Cl2N2O4. The van der Waals surface area contributed by atoms with Crippen molar-refractivity contribution in [2.75, 3.05) is 26.2 Å². The van der Waals surface area contributed by atoms with Gasteiger partial charge in [0.1, 0.15) is 11.8 Å². The van der Waals surface area contributed by atoms with Crippen molar-refractivity contribution in [1.29, 1.82) is 0 Å². The summed E-state index contributed by atoms with van der Waals surface area (Å²) in [7, 11) is 0. The van der Waals surface area contributed by atoms with Crippen LogP contribution in [0.5, 0.6) is 5.75 Å². The lowest BCUT2D eigenvalue weighted by Gasteiger charge is -2.45. The normalized spacial score (nSPS) is 24.3. The molecule has 8 heteroatoms. The second-order valence-electron chi connectivity index (χ2n) is 6.10. The summed E-state index contributed by atoms with van der Waals surface area (Å²) in [5, 5.41) is 19.9. The molecule has 2 heterocycles. The molecule has 2 aliphatic heterocycles. The minimum absolute atomic E-state index is 0.00370. The third-order valence-corrected chi connectivity index (χ3v) is 5.55. The van der Waals surface area contributed by atoms with E-state index in [1.807, 2.05) is 0 Å². The van der Waals surface area contributed by atoms with Crippen LogP contribution in [-0.4, -0.2) is 64.1 Å². The number of phenolic OH excluding ortho intramolecular Hbond substituents is 1. The van der Waals surface area contributed by atoms with E-state index in [1.165, 1.54) is 17.0 Å². The van der Waals surface area contributed by atoms with Crippen LogP contribution in [0.2, 0.25) is 10.0 Å². The van der Waals surface area contributed by atoms with E-state index in [1.54, 1.807) is 4.90 Å². The van der Waals surface area contributed by atoms with Crippen LogP contribution in [0.3, 0.4) is 0 Å². The topological polar surface area (TPSA) is 81.1 Å². The third-order valence-electron chi connectivity index (χ3n) is 4.73. The molecule has 0 aliphatic carbocycles. The number of benzene rings is 1. The molecule has 0 bridgehead atoms. The van der Waals surface area contributed by atoms with Gasteiger partial charge in [-0.3, -0.25) is 9.59 Å². The van der Waals surface area contributed by atoms with E-state index in [9.17, 15) is 14.7 Å². The van der Waals surface area contributed by atoms with Crippen molar-refractivity contribution in [1.82, 2.24) is 9.80 Å². The predicted octanol–water partition coefficient (Wildman–Crippen LogP) is 1.61. The van der Waals surface area contributed by atoms with Crippen LogP contribution in [0.25, 0.3) is 0 Å². The second kappa shape index (κ2) is 6.78. The van der Waals surface area contributed by atoms with Crippen molar-refractivity contribution in [3.8, 4) is 5.75 Å². The number of rotatable bonds is 3. The van der Waals surface area contributed by atoms with Gasteiger partial charge in [-0.15, -0.1) is 0 Å². The number of hydrogen-bond acceptors (Lipinski definition) is 4. The van der Waals surface area contributed by atoms with Crippen molar-refractivity contribution in [3.05, 3.63) is 27.7 Å². The number of hydrogen-bond donors (Lipinski definition) is 2. The lowest BCUT2D eigenvalue weighted by atomic mass is 9.83. The number of aliphatic hydroxyl groups is 1. The van der Waals surface area contributed by atoms with Gasteiger partial charge in [-0.25, -0.2) is 0 Å². The Hall–Kier alpha value is -1.50. The molecule has 2 fully saturated rings. The van der Waals surface area contributed by atoms with Crippen LogP contribution in [0, 0.1) is 0 Å². The molecule has 6 nitrogen and oxygen atoms in total. The van der Waals surface area contributed by atoms with Gasteiger partial charge >= 0.3 is 0 Å². The summed E-state index contributed by atoms with van der Waals surface area (Å²) in [5.74, 6) is -0.410. The number of amides is 2. The summed E-state index contributed by atoms with van der Waals surface area (Å²) >= 11 is 12.3. The number of piperidine rings is 1. The molecule has 0 saturated carbocycles. The fourth-order valence-electron chi connectivity index (χ4n) is 3.56. The smallest absolute Gasteiger partial charge is 0.245 e. The van der Waals surface area contributed by atoms with E-state index in [4.69, 9.17) is 28.3 Å². The summed E-state index contributed by atoms with van der Waals surface area (Å²) in [6.45, 7) is 0.387. The van der Waals surface area contributed by atoms with Gasteiger partial charge < -0.3 is 20.0 Å². The number of β-amino-alcohol motifs (C(OH)–C–C–N with tert-alkyl or cyclic N) is 1. The van der Waals surface area contributed by atoms with Gasteiger partial charge in [-0.05, 0) is 30.9 Å². The summed E-state index contributed by atoms with van der Waals surface area (Å²) < 4.78 is 0. The number of carbonyl (C=O) groups excluding carboxylic acids is 2. The zero-order valence-corrected chi connectivity index (χ0v) is 14.4. The maximum absolute atomic E-state index is 12.6. The minimum atomic E-state index is -0.592. The monoisotopic (exact) mass is 372 g/mol. The van der Waals surface area contributed by atoms with Gasteiger partial charge in [0.05, 0.1) is 23.2 Å². The molecule has 0 aromatic heterocycles. The highest BCUT2D eigenvalue weighted by molar-refractivity contribution is 6.42. The molecule has 3 rings (SSSR count). The van der Waals surface area contributed by atoms with Crippen molar-refractivity contribution >= 4 is 35.0 Å². The first-order chi connectivity index (χ1) is 11.4. The average molecular weight is 373 g/mol. The Kier molecular flexibility index (Phi) is 4.90. The van der Waals surface area contributed by atoms with Gasteiger partial charge in [0.15, 0.2) is 0 Å². The Morgan fingerprint density at radius 1 is 1.25 bits per heavy atom. The number of piperazine rings is 1. The SMILES string of the molecule is O=C1[C@@H]2C[C@H](c3c(O)ccc(Cl)c3Cl)CCN2C(=O)CN1CCO. The summed E-state index contributed by atoms with van der Waals surface area (Å²) in [5.41, 5.74) is 0.531. The predicted molar refractivity (Wildman–Crippen MR) is 89.3 cm³/mol. The summed E-state index contributed by atoms with van der Waals surface area (Å²) in [6, 6.07) is 2.42. The van der Waals surface area contributed by atoms with Gasteiger partial charge in [0.2, 0.25) is 11.8 Å². The van der Waals surface area contributed by atoms with Crippen LogP contribution in [0.1, 0.15) is 24.3 Å². The molecule has 2 atom stereocenters. The zero-order valence-electron chi connectivity index (χ0n) is 12.9. The molecule has 2 saturated heterocycles. The van der Waals surface area contributed by atoms with Gasteiger partial charge in [0, 0.05) is 18.7 Å². The van der Waals surface area contributed by atoms with Crippen molar-refractivity contribution in [2.24, 2.45) is 0 Å². The van der Waals surface area contributed by atoms with Gasteiger partial charge in [-0.2, -0.15) is 0 Å². The van der Waals surface area contributed by atoms with E-state index in [0.29, 0.717) is 30.0 Å². The zero-order chi connectivity index (χ0) is 17.4. The first-order valence-electron chi connectivity index (χ1n) is 7.80. The maximum atomic E-state index is 12.6. The molecule has 1 aromatic rings. The standard InChI is InChI=1S/C16H18Cl2N2O4/c17-10-1-2-12(22)14(15(10)18)9-3-4-20-11(7-9)16(24)19(5-6-21)8-13(20)23/h1-2,9,11,21-22H,3-8H2/t9-,11+/m1/s1. The average Bonchev–Trinajstić information content (AvgIpc) is 2.56. The largest absolute Gasteiger partial charge is 0.508 e. The number of aliphatic hydroxyl groups excluding tert-OH is 1. The molecule has 2 N–H and O–H groups in total. The molecule has 0 spiro atoms. The Morgan fingerprint density at radius 3 is 2.71 bits per heavy atom. The number of carbonyl (C=O) groups is 2. The van der Waals surface area contributed by atoms with E-state index in [-0.39, 0.29) is 48.2 Å². The number of nitrogens with zero attached hydrogens (tertiary/aromatic N) is 2. The molecule has 0 radical (unpaired) electrons. The van der Waals surface area contributed by atoms with Crippen molar-refractivity contribution in [3.63, 3.8) is 0 Å². The lowest BCUT2D eigenvalue weighted by molar-refractivity contribution is -0.158. The highest BCUT2D eigenvalue weighted by atomic mass is 35.5. The maximum Gasteiger partial charge on any atom is 0.245 e. The van der Waals surface area contributed by atoms with E-state index in [0.717, 1.165) is 0 Å². The highest BCUT2D eigenvalue weighted by Gasteiger charge is 2.43. The third kappa shape index (κ3) is 2.94. The van der Waals surface area contributed by atoms with E-state index in [2.05, 4.69) is 0 Å². The van der Waals surface area contributed by atoms with Crippen LogP contribution in [0.15, 0.2) is 12.1 Å². The van der Waals surface area contributed by atoms with E-state index >= 15 is 0 Å². The Balaban J connectivity index is 1.88. The molecule has 1 aromatic carbocycles. The molecule has 2 amide bonds. The molecule has 24 heavy (non-hydrogen) atoms. The highest BCUT2D eigenvalue weighted by Crippen LogP contribution is 2.43. The van der Waals surface area contributed by atoms with Gasteiger partial charge in [-0.1, -0.05) is 23.2 Å². The molecule has 0 unspecified atom stereocenters. The summed E-state index contributed by atoms with van der Waals surface area (Å²) in [6.07, 6.45) is 0.975. The first-order valence-corrected chi connectivity index (χ1v) is 8.55. The fraction of sp³-hybridized carbons (Fsp3) is 0.500. The van der Waals surface area contributed by atoms with Crippen LogP contribution in [-0.2, 0) is 9.59 Å². The second-order valence-corrected chi connectivity index (χ2v) is 6.89. The van der Waals surface area contributed by atoms with Crippen molar-refractivity contribution < 1.29 is 19.8 Å². The Morgan fingerprint density at radius 2 is 2.00 bits per heavy atom. The molecular weight excluding hydrogens is 355 g/mol. The van der Waals surface area contributed by atoms with Crippen molar-refractivity contribution in [2.45, 2.75) is 24.8 Å². The number of halogens is 2. The lowest BCUT2D eigenvalue weighted by Crippen LogP contribution is -2.62. The van der Waals surface area contributed by atoms with E-state index < -0.39 is 6.04 Å².